The van der Waals surface area contributed by atoms with E-state index in [1.165, 1.54) is 31.0 Å². The normalized spacial score (nSPS) is 11.1. The van der Waals surface area contributed by atoms with E-state index in [0.717, 1.165) is 24.3 Å². The Hall–Kier alpha value is -4.13. The lowest BCUT2D eigenvalue weighted by Crippen LogP contribution is -2.31. The van der Waals surface area contributed by atoms with E-state index in [1.54, 1.807) is 36.4 Å². The predicted octanol–water partition coefficient (Wildman–Crippen LogP) is 6.26. The fourth-order valence-electron chi connectivity index (χ4n) is 3.58. The highest BCUT2D eigenvalue weighted by Crippen LogP contribution is 2.19. The van der Waals surface area contributed by atoms with E-state index < -0.39 is 17.6 Å². The van der Waals surface area contributed by atoms with Crippen LogP contribution in [-0.4, -0.2) is 32.5 Å². The number of carbonyl (C=O) groups is 2. The average molecular weight is 504 g/mol. The molecule has 2 N–H and O–H groups in total. The number of nitrogens with one attached hydrogen (secondary N) is 2. The molecule has 0 saturated heterocycles. The van der Waals surface area contributed by atoms with Crippen LogP contribution in [0.3, 0.4) is 0 Å². The molecule has 0 aliphatic rings. The highest BCUT2D eigenvalue weighted by molar-refractivity contribution is 6.10. The van der Waals surface area contributed by atoms with E-state index in [-0.39, 0.29) is 11.3 Å². The largest absolute Gasteiger partial charge is 0.494 e. The molecule has 37 heavy (non-hydrogen) atoms. The first-order valence-corrected chi connectivity index (χ1v) is 12.5. The number of amides is 2. The third kappa shape index (κ3) is 8.49. The number of rotatable bonds is 12. The Balaban J connectivity index is 1.75. The molecule has 0 heterocycles. The summed E-state index contributed by atoms with van der Waals surface area (Å²) in [6.07, 6.45) is 6.06. The Kier molecular flexibility index (Phi) is 10.3. The van der Waals surface area contributed by atoms with E-state index in [1.807, 2.05) is 43.3 Å². The van der Waals surface area contributed by atoms with Crippen LogP contribution in [-0.2, 0) is 4.79 Å². The second kappa shape index (κ2) is 13.8. The molecule has 3 rings (SSSR count). The van der Waals surface area contributed by atoms with Gasteiger partial charge in [0.05, 0.1) is 12.2 Å². The molecule has 194 valence electrons. The van der Waals surface area contributed by atoms with Gasteiger partial charge < -0.3 is 20.3 Å². The highest BCUT2D eigenvalue weighted by atomic mass is 19.1. The number of anilines is 2. The van der Waals surface area contributed by atoms with Gasteiger partial charge in [0.1, 0.15) is 17.3 Å². The van der Waals surface area contributed by atoms with E-state index in [2.05, 4.69) is 17.6 Å². The first-order valence-electron chi connectivity index (χ1n) is 12.5. The Morgan fingerprint density at radius 2 is 1.62 bits per heavy atom. The maximum atomic E-state index is 14.2. The van der Waals surface area contributed by atoms with Gasteiger partial charge in [-0.3, -0.25) is 9.59 Å². The standard InChI is InChI=1S/C30H34FN3O3/c1-4-5-6-9-20-37-25-18-14-23(15-19-25)32-30(36)28(21-22-12-16-24(17-13-22)34(2)3)33-29(35)26-10-7-8-11-27(26)31/h7-8,10-19,21H,4-6,9,20H2,1-3H3,(H,32,36)(H,33,35). The summed E-state index contributed by atoms with van der Waals surface area (Å²) < 4.78 is 19.9. The van der Waals surface area contributed by atoms with E-state index >= 15 is 0 Å². The molecule has 0 aliphatic carbocycles. The van der Waals surface area contributed by atoms with Crippen LogP contribution in [0.5, 0.6) is 5.75 Å². The van der Waals surface area contributed by atoms with Crippen molar-refractivity contribution in [3.05, 3.63) is 95.4 Å². The minimum absolute atomic E-state index is 0.0119. The molecule has 0 saturated carbocycles. The summed E-state index contributed by atoms with van der Waals surface area (Å²) in [5.41, 5.74) is 2.08. The van der Waals surface area contributed by atoms with E-state index in [4.69, 9.17) is 4.74 Å². The van der Waals surface area contributed by atoms with Crippen molar-refractivity contribution < 1.29 is 18.7 Å². The Bertz CT molecular complexity index is 1210. The van der Waals surface area contributed by atoms with E-state index in [9.17, 15) is 14.0 Å². The molecule has 0 aromatic heterocycles. The average Bonchev–Trinajstić information content (AvgIpc) is 2.89. The summed E-state index contributed by atoms with van der Waals surface area (Å²) in [6, 6.07) is 20.2. The van der Waals surface area contributed by atoms with Crippen LogP contribution in [0.4, 0.5) is 15.8 Å². The molecule has 0 atom stereocenters. The summed E-state index contributed by atoms with van der Waals surface area (Å²) >= 11 is 0. The summed E-state index contributed by atoms with van der Waals surface area (Å²) in [5.74, 6) is -1.19. The number of carbonyl (C=O) groups excluding carboxylic acids is 2. The third-order valence-electron chi connectivity index (χ3n) is 5.71. The smallest absolute Gasteiger partial charge is 0.272 e. The molecule has 3 aromatic rings. The molecular weight excluding hydrogens is 469 g/mol. The van der Waals surface area contributed by atoms with Crippen LogP contribution in [0.25, 0.3) is 6.08 Å². The summed E-state index contributed by atoms with van der Waals surface area (Å²) in [7, 11) is 3.86. The summed E-state index contributed by atoms with van der Waals surface area (Å²) in [6.45, 7) is 2.81. The number of unbranched alkanes of at least 4 members (excludes halogenated alkanes) is 3. The van der Waals surface area contributed by atoms with Crippen molar-refractivity contribution in [1.29, 1.82) is 0 Å². The van der Waals surface area contributed by atoms with Crippen molar-refractivity contribution in [3.63, 3.8) is 0 Å². The minimum atomic E-state index is -0.712. The van der Waals surface area contributed by atoms with Crippen LogP contribution in [0.2, 0.25) is 0 Å². The predicted molar refractivity (Wildman–Crippen MR) is 147 cm³/mol. The van der Waals surface area contributed by atoms with Crippen LogP contribution in [0, 0.1) is 5.82 Å². The van der Waals surface area contributed by atoms with Crippen molar-refractivity contribution >= 4 is 29.3 Å². The SMILES string of the molecule is CCCCCCOc1ccc(NC(=O)C(=Cc2ccc(N(C)C)cc2)NC(=O)c2ccccc2F)cc1. The molecule has 0 radical (unpaired) electrons. The topological polar surface area (TPSA) is 70.7 Å². The maximum absolute atomic E-state index is 14.2. The Labute approximate surface area is 218 Å². The van der Waals surface area contributed by atoms with Crippen LogP contribution >= 0.6 is 0 Å². The molecule has 2 amide bonds. The van der Waals surface area contributed by atoms with Gasteiger partial charge in [0.2, 0.25) is 0 Å². The lowest BCUT2D eigenvalue weighted by molar-refractivity contribution is -0.113. The van der Waals surface area contributed by atoms with Gasteiger partial charge in [-0.25, -0.2) is 4.39 Å². The number of ether oxygens (including phenoxy) is 1. The molecule has 0 fully saturated rings. The van der Waals surface area contributed by atoms with Crippen molar-refractivity contribution in [1.82, 2.24) is 5.32 Å². The molecule has 7 heteroatoms. The highest BCUT2D eigenvalue weighted by Gasteiger charge is 2.17. The quantitative estimate of drug-likeness (QED) is 0.226. The van der Waals surface area contributed by atoms with Crippen molar-refractivity contribution in [2.45, 2.75) is 32.6 Å². The van der Waals surface area contributed by atoms with Gasteiger partial charge in [-0.2, -0.15) is 0 Å². The first kappa shape index (κ1) is 27.5. The fourth-order valence-corrected chi connectivity index (χ4v) is 3.58. The van der Waals surface area contributed by atoms with Gasteiger partial charge in [-0.05, 0) is 66.6 Å². The second-order valence-corrected chi connectivity index (χ2v) is 8.87. The van der Waals surface area contributed by atoms with Crippen LogP contribution in [0.15, 0.2) is 78.5 Å². The molecule has 0 spiro atoms. The molecule has 6 nitrogen and oxygen atoms in total. The van der Waals surface area contributed by atoms with Gasteiger partial charge in [0.15, 0.2) is 0 Å². The lowest BCUT2D eigenvalue weighted by atomic mass is 10.1. The molecule has 3 aromatic carbocycles. The number of hydrogen-bond donors (Lipinski definition) is 2. The second-order valence-electron chi connectivity index (χ2n) is 8.87. The Morgan fingerprint density at radius 1 is 0.919 bits per heavy atom. The fraction of sp³-hybridized carbons (Fsp3) is 0.267. The molecule has 0 unspecified atom stereocenters. The zero-order chi connectivity index (χ0) is 26.6. The summed E-state index contributed by atoms with van der Waals surface area (Å²) in [5, 5.41) is 5.37. The Morgan fingerprint density at radius 3 is 2.27 bits per heavy atom. The zero-order valence-corrected chi connectivity index (χ0v) is 21.6. The number of halogens is 1. The molecular formula is C30H34FN3O3. The number of hydrogen-bond acceptors (Lipinski definition) is 4. The minimum Gasteiger partial charge on any atom is -0.494 e. The van der Waals surface area contributed by atoms with Gasteiger partial charge in [-0.1, -0.05) is 50.5 Å². The summed E-state index contributed by atoms with van der Waals surface area (Å²) in [4.78, 5) is 27.9. The zero-order valence-electron chi connectivity index (χ0n) is 21.6. The lowest BCUT2D eigenvalue weighted by Gasteiger charge is -2.14. The van der Waals surface area contributed by atoms with Gasteiger partial charge >= 0.3 is 0 Å². The van der Waals surface area contributed by atoms with Gasteiger partial charge in [0, 0.05) is 25.5 Å². The number of benzene rings is 3. The van der Waals surface area contributed by atoms with Crippen molar-refractivity contribution in [2.24, 2.45) is 0 Å². The van der Waals surface area contributed by atoms with Crippen molar-refractivity contribution in [3.8, 4) is 5.75 Å². The monoisotopic (exact) mass is 503 g/mol. The first-order chi connectivity index (χ1) is 17.9. The van der Waals surface area contributed by atoms with Gasteiger partial charge in [0.25, 0.3) is 11.8 Å². The number of nitrogens with zero attached hydrogens (tertiary/aromatic N) is 1. The van der Waals surface area contributed by atoms with Crippen LogP contribution in [0.1, 0.15) is 48.5 Å². The van der Waals surface area contributed by atoms with Crippen LogP contribution < -0.4 is 20.3 Å². The maximum Gasteiger partial charge on any atom is 0.272 e. The molecule has 0 bridgehead atoms. The molecule has 0 aliphatic heterocycles. The van der Waals surface area contributed by atoms with E-state index in [0.29, 0.717) is 17.9 Å². The third-order valence-corrected chi connectivity index (χ3v) is 5.71. The van der Waals surface area contributed by atoms with Gasteiger partial charge in [-0.15, -0.1) is 0 Å². The van der Waals surface area contributed by atoms with Crippen molar-refractivity contribution in [2.75, 3.05) is 30.9 Å².